The Hall–Kier alpha value is -1.34. The van der Waals surface area contributed by atoms with Crippen LogP contribution in [0.4, 0.5) is 4.79 Å². The minimum absolute atomic E-state index is 0.198. The van der Waals surface area contributed by atoms with Gasteiger partial charge in [-0.1, -0.05) is 11.6 Å². The van der Waals surface area contributed by atoms with Crippen molar-refractivity contribution in [2.24, 2.45) is 0 Å². The van der Waals surface area contributed by atoms with Crippen molar-refractivity contribution in [3.05, 3.63) is 15.5 Å². The fourth-order valence-electron chi connectivity index (χ4n) is 1.41. The van der Waals surface area contributed by atoms with Crippen molar-refractivity contribution < 1.29 is 14.3 Å². The number of halogens is 1. The van der Waals surface area contributed by atoms with E-state index in [4.69, 9.17) is 16.3 Å². The molecule has 1 aromatic heterocycles. The van der Waals surface area contributed by atoms with E-state index in [9.17, 15) is 9.59 Å². The molecule has 1 heterocycles. The molecule has 0 unspecified atom stereocenters. The van der Waals surface area contributed by atoms with Crippen LogP contribution in [0, 0.1) is 0 Å². The largest absolute Gasteiger partial charge is 0.444 e. The van der Waals surface area contributed by atoms with E-state index in [0.29, 0.717) is 4.88 Å². The maximum absolute atomic E-state index is 12.2. The number of aromatic nitrogens is 1. The maximum Gasteiger partial charge on any atom is 0.407 e. The van der Waals surface area contributed by atoms with Gasteiger partial charge in [0, 0.05) is 19.6 Å². The number of nitrogens with zero attached hydrogens (tertiary/aromatic N) is 2. The van der Waals surface area contributed by atoms with E-state index in [1.807, 2.05) is 6.92 Å². The van der Waals surface area contributed by atoms with Gasteiger partial charge < -0.3 is 15.0 Å². The SMILES string of the molecule is C[C@@H](CNC(=O)OC(C)(C)C)N(C)C(=O)c1scnc1Cl. The fraction of sp³-hybridized carbons (Fsp3) is 0.615. The molecule has 1 rings (SSSR count). The number of rotatable bonds is 4. The third kappa shape index (κ3) is 5.51. The number of hydrogen-bond acceptors (Lipinski definition) is 5. The summed E-state index contributed by atoms with van der Waals surface area (Å²) in [5.41, 5.74) is 0.970. The number of carbonyl (C=O) groups excluding carboxylic acids is 2. The number of likely N-dealkylation sites (N-methyl/N-ethyl adjacent to an activating group) is 1. The second-order valence-electron chi connectivity index (χ2n) is 5.62. The standard InChI is InChI=1S/C13H20ClN3O3S/c1-8(6-15-12(19)20-13(2,3)4)17(5)11(18)9-10(14)16-7-21-9/h7-8H,6H2,1-5H3,(H,15,19)/t8-/m0/s1. The molecule has 21 heavy (non-hydrogen) atoms. The van der Waals surface area contributed by atoms with Crippen LogP contribution in [0.1, 0.15) is 37.4 Å². The quantitative estimate of drug-likeness (QED) is 0.919. The molecule has 0 fully saturated rings. The van der Waals surface area contributed by atoms with Gasteiger partial charge in [0.1, 0.15) is 10.5 Å². The zero-order chi connectivity index (χ0) is 16.2. The summed E-state index contributed by atoms with van der Waals surface area (Å²) in [6, 6.07) is -0.205. The number of nitrogens with one attached hydrogen (secondary N) is 1. The second kappa shape index (κ2) is 7.09. The molecule has 1 aromatic rings. The molecule has 8 heteroatoms. The normalized spacial score (nSPS) is 12.7. The van der Waals surface area contributed by atoms with Crippen molar-refractivity contribution in [2.75, 3.05) is 13.6 Å². The summed E-state index contributed by atoms with van der Waals surface area (Å²) in [6.07, 6.45) is -0.508. The molecular formula is C13H20ClN3O3S. The van der Waals surface area contributed by atoms with Crippen molar-refractivity contribution in [1.29, 1.82) is 0 Å². The predicted molar refractivity (Wildman–Crippen MR) is 82.9 cm³/mol. The summed E-state index contributed by atoms with van der Waals surface area (Å²) in [5.74, 6) is -0.221. The molecular weight excluding hydrogens is 314 g/mol. The minimum atomic E-state index is -0.550. The van der Waals surface area contributed by atoms with Crippen molar-refractivity contribution in [1.82, 2.24) is 15.2 Å². The summed E-state index contributed by atoms with van der Waals surface area (Å²) in [7, 11) is 1.65. The Morgan fingerprint density at radius 1 is 1.52 bits per heavy atom. The highest BCUT2D eigenvalue weighted by Crippen LogP contribution is 2.20. The van der Waals surface area contributed by atoms with Crippen molar-refractivity contribution in [3.8, 4) is 0 Å². The van der Waals surface area contributed by atoms with E-state index in [2.05, 4.69) is 10.3 Å². The summed E-state index contributed by atoms with van der Waals surface area (Å²) in [4.78, 5) is 29.5. The Kier molecular flexibility index (Phi) is 5.98. The van der Waals surface area contributed by atoms with E-state index in [1.165, 1.54) is 21.7 Å². The molecule has 0 aliphatic heterocycles. The van der Waals surface area contributed by atoms with Gasteiger partial charge in [0.2, 0.25) is 0 Å². The van der Waals surface area contributed by atoms with Gasteiger partial charge in [-0.25, -0.2) is 9.78 Å². The van der Waals surface area contributed by atoms with E-state index in [-0.39, 0.29) is 23.6 Å². The molecule has 0 aromatic carbocycles. The maximum atomic E-state index is 12.2. The molecule has 1 atom stereocenters. The number of hydrogen-bond donors (Lipinski definition) is 1. The number of thiazole rings is 1. The first-order chi connectivity index (χ1) is 9.61. The minimum Gasteiger partial charge on any atom is -0.444 e. The summed E-state index contributed by atoms with van der Waals surface area (Å²) in [6.45, 7) is 7.48. The zero-order valence-corrected chi connectivity index (χ0v) is 14.3. The average molecular weight is 334 g/mol. The third-order valence-electron chi connectivity index (χ3n) is 2.64. The lowest BCUT2D eigenvalue weighted by atomic mass is 10.2. The highest BCUT2D eigenvalue weighted by atomic mass is 35.5. The Morgan fingerprint density at radius 3 is 2.62 bits per heavy atom. The van der Waals surface area contributed by atoms with Gasteiger partial charge in [-0.2, -0.15) is 0 Å². The van der Waals surface area contributed by atoms with Crippen molar-refractivity contribution >= 4 is 34.9 Å². The third-order valence-corrected chi connectivity index (χ3v) is 3.85. The number of carbonyl (C=O) groups is 2. The van der Waals surface area contributed by atoms with E-state index >= 15 is 0 Å². The van der Waals surface area contributed by atoms with Gasteiger partial charge in [-0.05, 0) is 27.7 Å². The molecule has 6 nitrogen and oxygen atoms in total. The van der Waals surface area contributed by atoms with E-state index < -0.39 is 11.7 Å². The van der Waals surface area contributed by atoms with Crippen molar-refractivity contribution in [2.45, 2.75) is 39.3 Å². The lowest BCUT2D eigenvalue weighted by Gasteiger charge is -2.26. The van der Waals surface area contributed by atoms with Gasteiger partial charge in [0.05, 0.1) is 5.51 Å². The Morgan fingerprint density at radius 2 is 2.14 bits per heavy atom. The molecule has 0 saturated carbocycles. The zero-order valence-electron chi connectivity index (χ0n) is 12.8. The molecule has 0 bridgehead atoms. The Bertz CT molecular complexity index is 513. The van der Waals surface area contributed by atoms with Crippen LogP contribution in [0.3, 0.4) is 0 Å². The van der Waals surface area contributed by atoms with Crippen LogP contribution in [-0.2, 0) is 4.74 Å². The van der Waals surface area contributed by atoms with Crippen LogP contribution in [0.5, 0.6) is 0 Å². The first-order valence-electron chi connectivity index (χ1n) is 6.45. The fourth-order valence-corrected chi connectivity index (χ4v) is 2.39. The molecule has 0 radical (unpaired) electrons. The van der Waals surface area contributed by atoms with Crippen molar-refractivity contribution in [3.63, 3.8) is 0 Å². The van der Waals surface area contributed by atoms with Crippen LogP contribution in [0.2, 0.25) is 5.15 Å². The van der Waals surface area contributed by atoms with Crippen LogP contribution in [0.15, 0.2) is 5.51 Å². The van der Waals surface area contributed by atoms with Gasteiger partial charge >= 0.3 is 6.09 Å². The first-order valence-corrected chi connectivity index (χ1v) is 7.70. The lowest BCUT2D eigenvalue weighted by Crippen LogP contribution is -2.44. The second-order valence-corrected chi connectivity index (χ2v) is 6.83. The first kappa shape index (κ1) is 17.7. The molecule has 0 saturated heterocycles. The van der Waals surface area contributed by atoms with Gasteiger partial charge in [0.15, 0.2) is 5.15 Å². The molecule has 1 N–H and O–H groups in total. The Labute approximate surface area is 133 Å². The highest BCUT2D eigenvalue weighted by molar-refractivity contribution is 7.12. The molecule has 2 amide bonds. The van der Waals surface area contributed by atoms with Crippen LogP contribution >= 0.6 is 22.9 Å². The number of ether oxygens (including phenoxy) is 1. The van der Waals surface area contributed by atoms with Gasteiger partial charge in [-0.3, -0.25) is 4.79 Å². The summed E-state index contributed by atoms with van der Waals surface area (Å²) >= 11 is 7.03. The monoisotopic (exact) mass is 333 g/mol. The molecule has 118 valence electrons. The van der Waals surface area contributed by atoms with E-state index in [1.54, 1.807) is 27.8 Å². The number of amides is 2. The van der Waals surface area contributed by atoms with E-state index in [0.717, 1.165) is 0 Å². The van der Waals surface area contributed by atoms with Gasteiger partial charge in [-0.15, -0.1) is 11.3 Å². The van der Waals surface area contributed by atoms with Crippen LogP contribution in [0.25, 0.3) is 0 Å². The van der Waals surface area contributed by atoms with Crippen LogP contribution < -0.4 is 5.32 Å². The molecule has 0 aliphatic carbocycles. The highest BCUT2D eigenvalue weighted by Gasteiger charge is 2.23. The van der Waals surface area contributed by atoms with Gasteiger partial charge in [0.25, 0.3) is 5.91 Å². The molecule has 0 aliphatic rings. The topological polar surface area (TPSA) is 71.5 Å². The molecule has 0 spiro atoms. The summed E-state index contributed by atoms with van der Waals surface area (Å²) < 4.78 is 5.14. The smallest absolute Gasteiger partial charge is 0.407 e. The summed E-state index contributed by atoms with van der Waals surface area (Å²) in [5, 5.41) is 2.83. The predicted octanol–water partition coefficient (Wildman–Crippen LogP) is 2.78. The number of alkyl carbamates (subject to hydrolysis) is 1. The lowest BCUT2D eigenvalue weighted by molar-refractivity contribution is 0.0502. The Balaban J connectivity index is 2.52. The van der Waals surface area contributed by atoms with Crippen LogP contribution in [-0.4, -0.2) is 47.1 Å². The average Bonchev–Trinajstić information content (AvgIpc) is 2.78.